The molecule has 1 unspecified atom stereocenters. The molecule has 0 spiro atoms. The van der Waals surface area contributed by atoms with Gasteiger partial charge in [0, 0.05) is 31.2 Å². The van der Waals surface area contributed by atoms with Gasteiger partial charge < -0.3 is 15.4 Å². The second kappa shape index (κ2) is 9.03. The average Bonchev–Trinajstić information content (AvgIpc) is 3.17. The maximum atomic E-state index is 12.9. The van der Waals surface area contributed by atoms with Crippen LogP contribution in [0.2, 0.25) is 0 Å². The Bertz CT molecular complexity index is 730. The first-order valence-electron chi connectivity index (χ1n) is 8.72. The second-order valence-electron chi connectivity index (χ2n) is 6.49. The Hall–Kier alpha value is -1.35. The van der Waals surface area contributed by atoms with Crippen molar-refractivity contribution in [3.8, 4) is 5.75 Å². The highest BCUT2D eigenvalue weighted by Gasteiger charge is 2.31. The number of sulfonamides is 1. The number of carbonyl (C=O) groups is 1. The number of carbonyl (C=O) groups excluding carboxylic acids is 1. The Kier molecular flexibility index (Phi) is 7.28. The molecule has 3 rings (SSSR count). The topological polar surface area (TPSA) is 87.7 Å². The van der Waals surface area contributed by atoms with Crippen molar-refractivity contribution < 1.29 is 17.9 Å². The third-order valence-corrected chi connectivity index (χ3v) is 6.66. The van der Waals surface area contributed by atoms with Gasteiger partial charge in [-0.2, -0.15) is 4.31 Å². The fourth-order valence-corrected chi connectivity index (χ4v) is 5.03. The van der Waals surface area contributed by atoms with Gasteiger partial charge >= 0.3 is 0 Å². The third-order valence-electron chi connectivity index (χ3n) is 4.74. The minimum atomic E-state index is -3.65. The van der Waals surface area contributed by atoms with Crippen LogP contribution in [0.3, 0.4) is 0 Å². The molecule has 0 aromatic heterocycles. The quantitative estimate of drug-likeness (QED) is 0.775. The summed E-state index contributed by atoms with van der Waals surface area (Å²) in [4.78, 5) is 12.6. The molecule has 2 heterocycles. The Labute approximate surface area is 160 Å². The number of hydrogen-bond donors (Lipinski definition) is 2. The Morgan fingerprint density at radius 1 is 1.27 bits per heavy atom. The summed E-state index contributed by atoms with van der Waals surface area (Å²) in [6.07, 6.45) is 3.66. The van der Waals surface area contributed by atoms with Crippen molar-refractivity contribution in [2.75, 3.05) is 33.3 Å². The van der Waals surface area contributed by atoms with Gasteiger partial charge in [-0.1, -0.05) is 0 Å². The Morgan fingerprint density at radius 3 is 2.62 bits per heavy atom. The van der Waals surface area contributed by atoms with Crippen LogP contribution in [0.25, 0.3) is 0 Å². The van der Waals surface area contributed by atoms with Crippen molar-refractivity contribution in [2.45, 2.75) is 36.6 Å². The van der Waals surface area contributed by atoms with Crippen LogP contribution in [0, 0.1) is 0 Å². The lowest BCUT2D eigenvalue weighted by Gasteiger charge is -2.24. The van der Waals surface area contributed by atoms with Gasteiger partial charge in [-0.3, -0.25) is 4.79 Å². The first-order valence-corrected chi connectivity index (χ1v) is 10.2. The average molecular weight is 404 g/mol. The molecule has 0 bridgehead atoms. The van der Waals surface area contributed by atoms with Gasteiger partial charge in [0.05, 0.1) is 7.11 Å². The van der Waals surface area contributed by atoms with Gasteiger partial charge in [0.15, 0.2) is 0 Å². The molecule has 2 fully saturated rings. The molecule has 2 aliphatic rings. The number of amides is 1. The number of benzene rings is 1. The molecule has 2 saturated heterocycles. The predicted molar refractivity (Wildman–Crippen MR) is 102 cm³/mol. The lowest BCUT2D eigenvalue weighted by Crippen LogP contribution is -2.45. The summed E-state index contributed by atoms with van der Waals surface area (Å²) in [7, 11) is -2.22. The monoisotopic (exact) mass is 403 g/mol. The number of halogens is 1. The minimum Gasteiger partial charge on any atom is -0.495 e. The van der Waals surface area contributed by atoms with E-state index in [9.17, 15) is 13.2 Å². The molecule has 9 heteroatoms. The second-order valence-corrected chi connectivity index (χ2v) is 8.40. The maximum absolute atomic E-state index is 12.9. The van der Waals surface area contributed by atoms with Crippen LogP contribution in [-0.4, -0.2) is 58.0 Å². The van der Waals surface area contributed by atoms with Crippen molar-refractivity contribution in [2.24, 2.45) is 0 Å². The van der Waals surface area contributed by atoms with Crippen molar-refractivity contribution in [3.05, 3.63) is 23.8 Å². The Balaban J connectivity index is 0.00000243. The van der Waals surface area contributed by atoms with E-state index in [0.29, 0.717) is 18.7 Å². The molecule has 0 saturated carbocycles. The SMILES string of the molecule is COc1ccc(C(=O)NC2CCCNC2)cc1S(=O)(=O)N1CCCC1.Cl. The lowest BCUT2D eigenvalue weighted by atomic mass is 10.1. The molecule has 7 nitrogen and oxygen atoms in total. The number of methoxy groups -OCH3 is 1. The highest BCUT2D eigenvalue weighted by atomic mass is 35.5. The van der Waals surface area contributed by atoms with E-state index in [1.54, 1.807) is 12.1 Å². The first-order chi connectivity index (χ1) is 12.0. The van der Waals surface area contributed by atoms with Crippen molar-refractivity contribution in [1.82, 2.24) is 14.9 Å². The van der Waals surface area contributed by atoms with Crippen LogP contribution in [0.1, 0.15) is 36.0 Å². The fraction of sp³-hybridized carbons (Fsp3) is 0.588. The van der Waals surface area contributed by atoms with E-state index in [1.807, 2.05) is 0 Å². The van der Waals surface area contributed by atoms with Crippen LogP contribution >= 0.6 is 12.4 Å². The molecular weight excluding hydrogens is 378 g/mol. The molecular formula is C17H26ClN3O4S. The molecule has 2 N–H and O–H groups in total. The van der Waals surface area contributed by atoms with Crippen molar-refractivity contribution in [3.63, 3.8) is 0 Å². The summed E-state index contributed by atoms with van der Waals surface area (Å²) in [6, 6.07) is 4.66. The van der Waals surface area contributed by atoms with E-state index in [1.165, 1.54) is 17.5 Å². The summed E-state index contributed by atoms with van der Waals surface area (Å²) in [6.45, 7) is 2.72. The largest absolute Gasteiger partial charge is 0.495 e. The summed E-state index contributed by atoms with van der Waals surface area (Å²) in [5.41, 5.74) is 0.337. The number of ether oxygens (including phenoxy) is 1. The van der Waals surface area contributed by atoms with E-state index >= 15 is 0 Å². The summed E-state index contributed by atoms with van der Waals surface area (Å²) in [5.74, 6) is 0.0111. The van der Waals surface area contributed by atoms with E-state index in [2.05, 4.69) is 10.6 Å². The van der Waals surface area contributed by atoms with E-state index in [0.717, 1.165) is 38.8 Å². The van der Waals surface area contributed by atoms with Gasteiger partial charge in [-0.05, 0) is 50.4 Å². The van der Waals surface area contributed by atoms with Crippen LogP contribution in [0.15, 0.2) is 23.1 Å². The van der Waals surface area contributed by atoms with Gasteiger partial charge in [-0.25, -0.2) is 8.42 Å². The number of piperidine rings is 1. The number of nitrogens with zero attached hydrogens (tertiary/aromatic N) is 1. The standard InChI is InChI=1S/C17H25N3O4S.ClH/c1-24-15-7-6-13(17(21)19-14-5-4-8-18-12-14)11-16(15)25(22,23)20-9-2-3-10-20;/h6-7,11,14,18H,2-5,8-10,12H2,1H3,(H,19,21);1H. The van der Waals surface area contributed by atoms with Crippen molar-refractivity contribution >= 4 is 28.3 Å². The molecule has 1 amide bonds. The third kappa shape index (κ3) is 4.49. The summed E-state index contributed by atoms with van der Waals surface area (Å²) in [5, 5.41) is 6.22. The predicted octanol–water partition coefficient (Wildman–Crippen LogP) is 1.38. The molecule has 1 aromatic carbocycles. The molecule has 1 aromatic rings. The van der Waals surface area contributed by atoms with Gasteiger partial charge in [-0.15, -0.1) is 12.4 Å². The molecule has 1 atom stereocenters. The summed E-state index contributed by atoms with van der Waals surface area (Å²) >= 11 is 0. The van der Waals surface area contributed by atoms with Gasteiger partial charge in [0.2, 0.25) is 10.0 Å². The molecule has 26 heavy (non-hydrogen) atoms. The van der Waals surface area contributed by atoms with E-state index in [-0.39, 0.29) is 35.0 Å². The molecule has 0 radical (unpaired) electrons. The number of nitrogens with one attached hydrogen (secondary N) is 2. The number of hydrogen-bond acceptors (Lipinski definition) is 5. The fourth-order valence-electron chi connectivity index (χ4n) is 3.33. The van der Waals surface area contributed by atoms with Crippen molar-refractivity contribution in [1.29, 1.82) is 0 Å². The highest BCUT2D eigenvalue weighted by Crippen LogP contribution is 2.29. The summed E-state index contributed by atoms with van der Waals surface area (Å²) < 4.78 is 32.5. The van der Waals surface area contributed by atoms with E-state index in [4.69, 9.17) is 4.74 Å². The van der Waals surface area contributed by atoms with Crippen LogP contribution < -0.4 is 15.4 Å². The molecule has 2 aliphatic heterocycles. The zero-order valence-electron chi connectivity index (χ0n) is 14.9. The number of rotatable bonds is 5. The van der Waals surface area contributed by atoms with Crippen LogP contribution in [-0.2, 0) is 10.0 Å². The zero-order chi connectivity index (χ0) is 17.9. The van der Waals surface area contributed by atoms with Crippen LogP contribution in [0.5, 0.6) is 5.75 Å². The highest BCUT2D eigenvalue weighted by molar-refractivity contribution is 7.89. The lowest BCUT2D eigenvalue weighted by molar-refractivity contribution is 0.0930. The van der Waals surface area contributed by atoms with Crippen LogP contribution in [0.4, 0.5) is 0 Å². The van der Waals surface area contributed by atoms with Gasteiger partial charge in [0.1, 0.15) is 10.6 Å². The first kappa shape index (κ1) is 21.0. The minimum absolute atomic E-state index is 0. The van der Waals surface area contributed by atoms with Gasteiger partial charge in [0.25, 0.3) is 5.91 Å². The molecule has 146 valence electrons. The zero-order valence-corrected chi connectivity index (χ0v) is 16.5. The maximum Gasteiger partial charge on any atom is 0.251 e. The van der Waals surface area contributed by atoms with E-state index < -0.39 is 10.0 Å². The molecule has 0 aliphatic carbocycles. The smallest absolute Gasteiger partial charge is 0.251 e. The Morgan fingerprint density at radius 2 is 2.00 bits per heavy atom. The normalized spacial score (nSPS) is 21.0.